The highest BCUT2D eigenvalue weighted by Gasteiger charge is 2.13. The van der Waals surface area contributed by atoms with E-state index in [4.69, 9.17) is 16.3 Å². The van der Waals surface area contributed by atoms with E-state index >= 15 is 0 Å². The van der Waals surface area contributed by atoms with Gasteiger partial charge in [0, 0.05) is 39.3 Å². The summed E-state index contributed by atoms with van der Waals surface area (Å²) in [5.41, 5.74) is 2.37. The van der Waals surface area contributed by atoms with Gasteiger partial charge in [0.25, 0.3) is 5.91 Å². The molecule has 144 valence electrons. The van der Waals surface area contributed by atoms with Gasteiger partial charge in [-0.15, -0.1) is 0 Å². The van der Waals surface area contributed by atoms with E-state index in [0.717, 1.165) is 38.3 Å². The standard InChI is InChI=1S/C21H26ClN3O2/c1-24-10-12-25(13-11-24)15-18-8-6-17(7-9-18)14-23-21(26)16-27-20-5-3-2-4-19(20)22/h2-9H,10-16H2,1H3,(H,23,26). The molecule has 2 aromatic carbocycles. The molecule has 1 aliphatic heterocycles. The maximum absolute atomic E-state index is 12.0. The SMILES string of the molecule is CN1CCN(Cc2ccc(CNC(=O)COc3ccccc3Cl)cc2)CC1. The van der Waals surface area contributed by atoms with Crippen LogP contribution < -0.4 is 10.1 Å². The van der Waals surface area contributed by atoms with Crippen LogP contribution in [-0.4, -0.2) is 55.5 Å². The van der Waals surface area contributed by atoms with Crippen LogP contribution in [0.1, 0.15) is 11.1 Å². The lowest BCUT2D eigenvalue weighted by Gasteiger charge is -2.32. The minimum atomic E-state index is -0.170. The van der Waals surface area contributed by atoms with Gasteiger partial charge in [0.1, 0.15) is 5.75 Å². The van der Waals surface area contributed by atoms with Gasteiger partial charge in [-0.3, -0.25) is 9.69 Å². The Labute approximate surface area is 165 Å². The molecule has 0 bridgehead atoms. The van der Waals surface area contributed by atoms with E-state index in [1.165, 1.54) is 5.56 Å². The van der Waals surface area contributed by atoms with E-state index in [2.05, 4.69) is 46.4 Å². The topological polar surface area (TPSA) is 44.8 Å². The highest BCUT2D eigenvalue weighted by molar-refractivity contribution is 6.32. The molecule has 1 saturated heterocycles. The van der Waals surface area contributed by atoms with Gasteiger partial charge in [0.2, 0.25) is 0 Å². The number of hydrogen-bond acceptors (Lipinski definition) is 4. The average Bonchev–Trinajstić information content (AvgIpc) is 2.68. The summed E-state index contributed by atoms with van der Waals surface area (Å²) in [4.78, 5) is 16.8. The van der Waals surface area contributed by atoms with Gasteiger partial charge < -0.3 is 15.0 Å². The van der Waals surface area contributed by atoms with Crippen LogP contribution in [0.25, 0.3) is 0 Å². The van der Waals surface area contributed by atoms with Gasteiger partial charge in [-0.1, -0.05) is 48.0 Å². The lowest BCUT2D eigenvalue weighted by atomic mass is 10.1. The minimum absolute atomic E-state index is 0.0504. The molecule has 1 aliphatic rings. The summed E-state index contributed by atoms with van der Waals surface area (Å²) in [6.07, 6.45) is 0. The molecule has 1 amide bonds. The van der Waals surface area contributed by atoms with Crippen LogP contribution >= 0.6 is 11.6 Å². The average molecular weight is 388 g/mol. The molecule has 0 aliphatic carbocycles. The maximum Gasteiger partial charge on any atom is 0.258 e. The van der Waals surface area contributed by atoms with Crippen LogP contribution in [0.5, 0.6) is 5.75 Å². The molecule has 27 heavy (non-hydrogen) atoms. The van der Waals surface area contributed by atoms with Crippen molar-refractivity contribution in [2.45, 2.75) is 13.1 Å². The number of halogens is 1. The molecule has 6 heteroatoms. The van der Waals surface area contributed by atoms with Crippen molar-refractivity contribution in [3.05, 3.63) is 64.7 Å². The number of hydrogen-bond donors (Lipinski definition) is 1. The Morgan fingerprint density at radius 2 is 1.70 bits per heavy atom. The number of piperazine rings is 1. The van der Waals surface area contributed by atoms with E-state index in [0.29, 0.717) is 17.3 Å². The van der Waals surface area contributed by atoms with Gasteiger partial charge in [-0.2, -0.15) is 0 Å². The molecule has 0 spiro atoms. The zero-order chi connectivity index (χ0) is 19.1. The van der Waals surface area contributed by atoms with Gasteiger partial charge >= 0.3 is 0 Å². The Kier molecular flexibility index (Phi) is 7.10. The summed E-state index contributed by atoms with van der Waals surface area (Å²) in [7, 11) is 2.17. The summed E-state index contributed by atoms with van der Waals surface area (Å²) < 4.78 is 5.45. The molecule has 3 rings (SSSR count). The Morgan fingerprint density at radius 3 is 2.41 bits per heavy atom. The first kappa shape index (κ1) is 19.7. The van der Waals surface area contributed by atoms with Crippen LogP contribution in [0.15, 0.2) is 48.5 Å². The fourth-order valence-corrected chi connectivity index (χ4v) is 3.17. The molecule has 1 N–H and O–H groups in total. The largest absolute Gasteiger partial charge is 0.482 e. The Hall–Kier alpha value is -2.08. The summed E-state index contributed by atoms with van der Waals surface area (Å²) >= 11 is 6.01. The molecule has 0 radical (unpaired) electrons. The van der Waals surface area contributed by atoms with Crippen molar-refractivity contribution in [2.24, 2.45) is 0 Å². The van der Waals surface area contributed by atoms with Crippen molar-refractivity contribution in [3.8, 4) is 5.75 Å². The number of ether oxygens (including phenoxy) is 1. The maximum atomic E-state index is 12.0. The molecule has 0 unspecified atom stereocenters. The highest BCUT2D eigenvalue weighted by Crippen LogP contribution is 2.22. The number of para-hydroxylation sites is 1. The van der Waals surface area contributed by atoms with Crippen molar-refractivity contribution in [1.29, 1.82) is 0 Å². The smallest absolute Gasteiger partial charge is 0.258 e. The second-order valence-electron chi connectivity index (χ2n) is 6.89. The van der Waals surface area contributed by atoms with E-state index < -0.39 is 0 Å². The van der Waals surface area contributed by atoms with Gasteiger partial charge in [0.05, 0.1) is 5.02 Å². The van der Waals surface area contributed by atoms with E-state index in [9.17, 15) is 4.79 Å². The number of nitrogens with one attached hydrogen (secondary N) is 1. The zero-order valence-corrected chi connectivity index (χ0v) is 16.4. The van der Waals surface area contributed by atoms with Gasteiger partial charge in [0.15, 0.2) is 6.61 Å². The predicted octanol–water partition coefficient (Wildman–Crippen LogP) is 2.78. The number of carbonyl (C=O) groups is 1. The molecule has 1 heterocycles. The lowest BCUT2D eigenvalue weighted by molar-refractivity contribution is -0.123. The van der Waals surface area contributed by atoms with Crippen molar-refractivity contribution in [2.75, 3.05) is 39.8 Å². The fourth-order valence-electron chi connectivity index (χ4n) is 2.98. The van der Waals surface area contributed by atoms with Crippen LogP contribution in [0.2, 0.25) is 5.02 Å². The van der Waals surface area contributed by atoms with Crippen LogP contribution in [0.3, 0.4) is 0 Å². The molecular formula is C21H26ClN3O2. The molecule has 1 fully saturated rings. The molecular weight excluding hydrogens is 362 g/mol. The van der Waals surface area contributed by atoms with E-state index in [-0.39, 0.29) is 12.5 Å². The number of amides is 1. The third-order valence-electron chi connectivity index (χ3n) is 4.71. The van der Waals surface area contributed by atoms with Crippen LogP contribution in [0, 0.1) is 0 Å². The molecule has 0 aromatic heterocycles. The summed E-state index contributed by atoms with van der Waals surface area (Å²) in [6.45, 7) is 5.89. The first-order valence-corrected chi connectivity index (χ1v) is 9.61. The van der Waals surface area contributed by atoms with E-state index in [1.54, 1.807) is 12.1 Å². The summed E-state index contributed by atoms with van der Waals surface area (Å²) in [6, 6.07) is 15.5. The van der Waals surface area contributed by atoms with Crippen molar-refractivity contribution < 1.29 is 9.53 Å². The molecule has 2 aromatic rings. The first-order chi connectivity index (χ1) is 13.1. The summed E-state index contributed by atoms with van der Waals surface area (Å²) in [5.74, 6) is 0.346. The van der Waals surface area contributed by atoms with Crippen molar-refractivity contribution >= 4 is 17.5 Å². The quantitative estimate of drug-likeness (QED) is 0.793. The van der Waals surface area contributed by atoms with Gasteiger partial charge in [-0.25, -0.2) is 0 Å². The number of rotatable bonds is 7. The first-order valence-electron chi connectivity index (χ1n) is 9.23. The van der Waals surface area contributed by atoms with E-state index in [1.807, 2.05) is 12.1 Å². The second kappa shape index (κ2) is 9.74. The van der Waals surface area contributed by atoms with Crippen LogP contribution in [0.4, 0.5) is 0 Å². The van der Waals surface area contributed by atoms with Crippen molar-refractivity contribution in [1.82, 2.24) is 15.1 Å². The van der Waals surface area contributed by atoms with Crippen LogP contribution in [-0.2, 0) is 17.9 Å². The molecule has 0 atom stereocenters. The number of benzene rings is 2. The number of likely N-dealkylation sites (N-methyl/N-ethyl adjacent to an activating group) is 1. The monoisotopic (exact) mass is 387 g/mol. The Bertz CT molecular complexity index is 743. The molecule has 0 saturated carbocycles. The highest BCUT2D eigenvalue weighted by atomic mass is 35.5. The predicted molar refractivity (Wildman–Crippen MR) is 108 cm³/mol. The fraction of sp³-hybridized carbons (Fsp3) is 0.381. The second-order valence-corrected chi connectivity index (χ2v) is 7.30. The third kappa shape index (κ3) is 6.24. The zero-order valence-electron chi connectivity index (χ0n) is 15.7. The Balaban J connectivity index is 1.40. The number of nitrogens with zero attached hydrogens (tertiary/aromatic N) is 2. The molecule has 5 nitrogen and oxygen atoms in total. The Morgan fingerprint density at radius 1 is 1.04 bits per heavy atom. The lowest BCUT2D eigenvalue weighted by Crippen LogP contribution is -2.43. The summed E-state index contributed by atoms with van der Waals surface area (Å²) in [5, 5.41) is 3.37. The minimum Gasteiger partial charge on any atom is -0.482 e. The normalized spacial score (nSPS) is 15.5. The van der Waals surface area contributed by atoms with Crippen molar-refractivity contribution in [3.63, 3.8) is 0 Å². The van der Waals surface area contributed by atoms with Gasteiger partial charge in [-0.05, 0) is 30.3 Å². The third-order valence-corrected chi connectivity index (χ3v) is 5.02. The number of carbonyl (C=O) groups excluding carboxylic acids is 1.